The highest BCUT2D eigenvalue weighted by Gasteiger charge is 2.36. The van der Waals surface area contributed by atoms with Crippen LogP contribution in [0.3, 0.4) is 0 Å². The van der Waals surface area contributed by atoms with Gasteiger partial charge >= 0.3 is 5.38 Å². The first-order chi connectivity index (χ1) is 6.45. The van der Waals surface area contributed by atoms with Crippen LogP contribution in [-0.2, 0) is 0 Å². The Morgan fingerprint density at radius 2 is 1.86 bits per heavy atom. The molecule has 1 nitrogen and oxygen atoms in total. The molecular weight excluding hydrogens is 210 g/mol. The Bertz CT molecular complexity index is 351. The predicted octanol–water partition coefficient (Wildman–Crippen LogP) is 3.34. The van der Waals surface area contributed by atoms with Crippen LogP contribution in [-0.4, -0.2) is 11.2 Å². The van der Waals surface area contributed by atoms with E-state index >= 15 is 0 Å². The Morgan fingerprint density at radius 1 is 1.36 bits per heavy atom. The molecule has 0 bridgehead atoms. The summed E-state index contributed by atoms with van der Waals surface area (Å²) in [6.07, 6.45) is 1.55. The van der Waals surface area contributed by atoms with E-state index in [9.17, 15) is 13.6 Å². The zero-order chi connectivity index (χ0) is 10.8. The number of benzene rings is 1. The third kappa shape index (κ3) is 2.39. The third-order valence-electron chi connectivity index (χ3n) is 1.67. The van der Waals surface area contributed by atoms with Crippen molar-refractivity contribution < 1.29 is 13.6 Å². The molecule has 74 valence electrons. The van der Waals surface area contributed by atoms with E-state index in [0.29, 0.717) is 0 Å². The Kier molecular flexibility index (Phi) is 3.01. The normalized spacial score (nSPS) is 11.1. The van der Waals surface area contributed by atoms with E-state index in [1.165, 1.54) is 24.3 Å². The highest BCUT2D eigenvalue weighted by atomic mass is 35.5. The minimum atomic E-state index is -3.84. The fourth-order valence-electron chi connectivity index (χ4n) is 0.934. The van der Waals surface area contributed by atoms with Crippen LogP contribution in [0.1, 0.15) is 15.9 Å². The van der Waals surface area contributed by atoms with Gasteiger partial charge in [-0.05, 0) is 17.2 Å². The van der Waals surface area contributed by atoms with Crippen molar-refractivity contribution in [3.8, 4) is 0 Å². The van der Waals surface area contributed by atoms with Gasteiger partial charge in [0.05, 0.1) is 0 Å². The molecule has 1 aromatic carbocycles. The number of ketones is 1. The van der Waals surface area contributed by atoms with Crippen LogP contribution in [0, 0.1) is 0 Å². The Balaban J connectivity index is 2.98. The summed E-state index contributed by atoms with van der Waals surface area (Å²) in [4.78, 5) is 11.0. The fraction of sp³-hybridized carbons (Fsp3) is 0.100. The lowest BCUT2D eigenvalue weighted by Gasteiger charge is -2.06. The van der Waals surface area contributed by atoms with Crippen LogP contribution in [0.2, 0.25) is 0 Å². The Labute approximate surface area is 85.0 Å². The summed E-state index contributed by atoms with van der Waals surface area (Å²) < 4.78 is 24.8. The average molecular weight is 217 g/mol. The van der Waals surface area contributed by atoms with Crippen molar-refractivity contribution in [1.29, 1.82) is 0 Å². The van der Waals surface area contributed by atoms with Crippen LogP contribution in [0.15, 0.2) is 30.8 Å². The number of carbonyl (C=O) groups is 1. The van der Waals surface area contributed by atoms with Gasteiger partial charge in [0.25, 0.3) is 0 Å². The molecule has 0 atom stereocenters. The summed E-state index contributed by atoms with van der Waals surface area (Å²) in [6, 6.07) is 5.61. The first kappa shape index (κ1) is 10.9. The summed E-state index contributed by atoms with van der Waals surface area (Å²) in [5.41, 5.74) is 0.634. The molecule has 0 aliphatic heterocycles. The van der Waals surface area contributed by atoms with Gasteiger partial charge in [-0.25, -0.2) is 0 Å². The maximum absolute atomic E-state index is 12.4. The number of carbonyl (C=O) groups excluding carboxylic acids is 1. The molecule has 0 saturated carbocycles. The van der Waals surface area contributed by atoms with Crippen molar-refractivity contribution in [2.24, 2.45) is 0 Å². The van der Waals surface area contributed by atoms with Crippen LogP contribution in [0.4, 0.5) is 8.78 Å². The van der Waals surface area contributed by atoms with E-state index in [4.69, 9.17) is 0 Å². The smallest absolute Gasteiger partial charge is 0.286 e. The van der Waals surface area contributed by atoms with Gasteiger partial charge in [0.15, 0.2) is 0 Å². The standard InChI is InChI=1S/C10H7ClF2O/c1-2-7-3-5-8(6-4-7)9(14)10(11,12)13/h2-6H,1H2. The van der Waals surface area contributed by atoms with Crippen molar-refractivity contribution in [2.45, 2.75) is 5.38 Å². The molecule has 4 heteroatoms. The van der Waals surface area contributed by atoms with Crippen molar-refractivity contribution in [3.63, 3.8) is 0 Å². The van der Waals surface area contributed by atoms with Crippen molar-refractivity contribution >= 4 is 23.5 Å². The molecule has 1 aromatic rings. The van der Waals surface area contributed by atoms with Crippen molar-refractivity contribution in [1.82, 2.24) is 0 Å². The van der Waals surface area contributed by atoms with E-state index in [1.807, 2.05) is 0 Å². The van der Waals surface area contributed by atoms with E-state index in [-0.39, 0.29) is 5.56 Å². The fourth-order valence-corrected chi connectivity index (χ4v) is 1.04. The topological polar surface area (TPSA) is 17.1 Å². The number of hydrogen-bond donors (Lipinski definition) is 0. The molecule has 0 unspecified atom stereocenters. The minimum absolute atomic E-state index is 0.115. The zero-order valence-corrected chi connectivity index (χ0v) is 7.89. The molecule has 0 aliphatic rings. The maximum atomic E-state index is 12.4. The molecule has 0 spiro atoms. The third-order valence-corrected chi connectivity index (χ3v) is 1.84. The van der Waals surface area contributed by atoms with Gasteiger partial charge in [-0.1, -0.05) is 36.9 Å². The second-order valence-electron chi connectivity index (χ2n) is 2.65. The highest BCUT2D eigenvalue weighted by molar-refractivity contribution is 6.35. The number of hydrogen-bond acceptors (Lipinski definition) is 1. The number of rotatable bonds is 3. The van der Waals surface area contributed by atoms with E-state index in [0.717, 1.165) is 5.56 Å². The number of alkyl halides is 3. The Morgan fingerprint density at radius 3 is 2.21 bits per heavy atom. The lowest BCUT2D eigenvalue weighted by atomic mass is 10.1. The van der Waals surface area contributed by atoms with Gasteiger partial charge in [-0.2, -0.15) is 8.78 Å². The van der Waals surface area contributed by atoms with Crippen LogP contribution >= 0.6 is 11.6 Å². The summed E-state index contributed by atoms with van der Waals surface area (Å²) in [6.45, 7) is 3.50. The number of Topliss-reactive ketones (excluding diaryl/α,β-unsaturated/α-hetero) is 1. The average Bonchev–Trinajstić information content (AvgIpc) is 2.15. The molecule has 0 aliphatic carbocycles. The van der Waals surface area contributed by atoms with Crippen molar-refractivity contribution in [3.05, 3.63) is 42.0 Å². The van der Waals surface area contributed by atoms with Crippen LogP contribution < -0.4 is 0 Å². The molecular formula is C10H7ClF2O. The first-order valence-electron chi connectivity index (χ1n) is 3.79. The predicted molar refractivity (Wildman–Crippen MR) is 51.7 cm³/mol. The van der Waals surface area contributed by atoms with E-state index in [2.05, 4.69) is 18.2 Å². The van der Waals surface area contributed by atoms with E-state index in [1.54, 1.807) is 6.08 Å². The lowest BCUT2D eigenvalue weighted by molar-refractivity contribution is 0.0536. The maximum Gasteiger partial charge on any atom is 0.384 e. The van der Waals surface area contributed by atoms with Gasteiger partial charge in [0.2, 0.25) is 5.78 Å². The van der Waals surface area contributed by atoms with Gasteiger partial charge in [0.1, 0.15) is 0 Å². The van der Waals surface area contributed by atoms with E-state index < -0.39 is 11.2 Å². The second kappa shape index (κ2) is 3.88. The molecule has 1 rings (SSSR count). The van der Waals surface area contributed by atoms with Gasteiger partial charge in [0, 0.05) is 5.56 Å². The summed E-state index contributed by atoms with van der Waals surface area (Å²) in [5.74, 6) is -1.39. The van der Waals surface area contributed by atoms with Gasteiger partial charge < -0.3 is 0 Å². The molecule has 14 heavy (non-hydrogen) atoms. The second-order valence-corrected chi connectivity index (χ2v) is 3.13. The monoisotopic (exact) mass is 216 g/mol. The lowest BCUT2D eigenvalue weighted by Crippen LogP contribution is -2.21. The molecule has 0 aromatic heterocycles. The first-order valence-corrected chi connectivity index (χ1v) is 4.17. The zero-order valence-electron chi connectivity index (χ0n) is 7.14. The summed E-state index contributed by atoms with van der Waals surface area (Å²) >= 11 is 4.59. The van der Waals surface area contributed by atoms with Gasteiger partial charge in [-0.3, -0.25) is 4.79 Å². The molecule has 0 amide bonds. The molecule has 0 fully saturated rings. The summed E-state index contributed by atoms with van der Waals surface area (Å²) in [5, 5.41) is -3.84. The van der Waals surface area contributed by atoms with Crippen LogP contribution in [0.5, 0.6) is 0 Å². The van der Waals surface area contributed by atoms with Gasteiger partial charge in [-0.15, -0.1) is 0 Å². The summed E-state index contributed by atoms with van der Waals surface area (Å²) in [7, 11) is 0. The molecule has 0 heterocycles. The number of halogens is 3. The highest BCUT2D eigenvalue weighted by Crippen LogP contribution is 2.24. The van der Waals surface area contributed by atoms with Crippen LogP contribution in [0.25, 0.3) is 6.08 Å². The SMILES string of the molecule is C=Cc1ccc(C(=O)C(F)(F)Cl)cc1. The molecule has 0 radical (unpaired) electrons. The quantitative estimate of drug-likeness (QED) is 0.560. The van der Waals surface area contributed by atoms with Crippen molar-refractivity contribution in [2.75, 3.05) is 0 Å². The Hall–Kier alpha value is -1.22. The largest absolute Gasteiger partial charge is 0.384 e. The molecule has 0 N–H and O–H groups in total. The minimum Gasteiger partial charge on any atom is -0.286 e. The molecule has 0 saturated heterocycles.